The van der Waals surface area contributed by atoms with Crippen molar-refractivity contribution < 1.29 is 24.2 Å². The predicted octanol–water partition coefficient (Wildman–Crippen LogP) is 4.62. The van der Waals surface area contributed by atoms with E-state index in [2.05, 4.69) is 14.5 Å². The van der Waals surface area contributed by atoms with Gasteiger partial charge in [0, 0.05) is 30.0 Å². The number of methoxy groups -OCH3 is 1. The third kappa shape index (κ3) is 3.98. The zero-order chi connectivity index (χ0) is 25.7. The fraction of sp³-hybridized carbons (Fsp3) is 0.519. The quantitative estimate of drug-likeness (QED) is 0.534. The first-order chi connectivity index (χ1) is 17.9. The number of amides is 1. The van der Waals surface area contributed by atoms with E-state index >= 15 is 0 Å². The van der Waals surface area contributed by atoms with Gasteiger partial charge in [0.1, 0.15) is 0 Å². The molecule has 0 saturated heterocycles. The molecule has 0 bridgehead atoms. The first-order valence-corrected chi connectivity index (χ1v) is 13.0. The van der Waals surface area contributed by atoms with Crippen LogP contribution >= 0.6 is 0 Å². The van der Waals surface area contributed by atoms with Crippen molar-refractivity contribution in [1.29, 1.82) is 0 Å². The van der Waals surface area contributed by atoms with Gasteiger partial charge in [0.2, 0.25) is 5.88 Å². The summed E-state index contributed by atoms with van der Waals surface area (Å²) in [5, 5.41) is 9.78. The van der Waals surface area contributed by atoms with E-state index in [1.807, 2.05) is 19.1 Å². The minimum absolute atomic E-state index is 0.00458. The fourth-order valence-electron chi connectivity index (χ4n) is 6.11. The standard InChI is InChI=1S/C27H31N5O5/c1-16-6-7-19-20(31(16)26(35)36-2)8-9-21-23(19)30-25(27(10-11-27)37-22-15-28-12-13-29-22)32(21)18-5-3-4-17(14-18)24(33)34/h8-9,12-13,15-18H,3-7,10-11,14H2,1-2H3,(H,33,34)/t16?,17-,18-/m1/s1. The Morgan fingerprint density at radius 3 is 2.70 bits per heavy atom. The van der Waals surface area contributed by atoms with Gasteiger partial charge in [0.25, 0.3) is 0 Å². The maximum Gasteiger partial charge on any atom is 0.414 e. The average molecular weight is 506 g/mol. The van der Waals surface area contributed by atoms with Crippen molar-refractivity contribution in [3.63, 3.8) is 0 Å². The topological polar surface area (TPSA) is 120 Å². The molecule has 1 unspecified atom stereocenters. The van der Waals surface area contributed by atoms with Crippen LogP contribution < -0.4 is 9.64 Å². The molecule has 1 aromatic carbocycles. The van der Waals surface area contributed by atoms with Gasteiger partial charge >= 0.3 is 12.1 Å². The summed E-state index contributed by atoms with van der Waals surface area (Å²) in [7, 11) is 1.40. The zero-order valence-electron chi connectivity index (χ0n) is 21.1. The lowest BCUT2D eigenvalue weighted by molar-refractivity contribution is -0.143. The Morgan fingerprint density at radius 1 is 1.16 bits per heavy atom. The van der Waals surface area contributed by atoms with Gasteiger partial charge in [-0.05, 0) is 64.0 Å². The highest BCUT2D eigenvalue weighted by Crippen LogP contribution is 2.52. The molecule has 0 radical (unpaired) electrons. The van der Waals surface area contributed by atoms with Crippen molar-refractivity contribution in [1.82, 2.24) is 19.5 Å². The number of aryl methyl sites for hydroxylation is 1. The van der Waals surface area contributed by atoms with Crippen molar-refractivity contribution in [3.8, 4) is 5.88 Å². The SMILES string of the molecule is COC(=O)N1c2ccc3c(nc(C4(Oc5cnccn5)CC4)n3[C@@H]3CCC[C@@H](C(=O)O)C3)c2CCC1C. The van der Waals surface area contributed by atoms with E-state index in [-0.39, 0.29) is 24.1 Å². The summed E-state index contributed by atoms with van der Waals surface area (Å²) in [6.07, 6.45) is 10.6. The number of carboxylic acid groups (broad SMARTS) is 1. The highest BCUT2D eigenvalue weighted by Gasteiger charge is 2.53. The molecule has 2 aromatic heterocycles. The molecule has 2 fully saturated rings. The molecule has 1 aliphatic heterocycles. The minimum Gasteiger partial charge on any atom is -0.481 e. The van der Waals surface area contributed by atoms with Gasteiger partial charge in [-0.25, -0.2) is 14.8 Å². The Labute approximate surface area is 214 Å². The van der Waals surface area contributed by atoms with E-state index < -0.39 is 11.6 Å². The lowest BCUT2D eigenvalue weighted by Gasteiger charge is -2.34. The van der Waals surface area contributed by atoms with Crippen LogP contribution in [0.1, 0.15) is 69.3 Å². The number of nitrogens with zero attached hydrogens (tertiary/aromatic N) is 5. The first-order valence-electron chi connectivity index (χ1n) is 13.0. The monoisotopic (exact) mass is 505 g/mol. The van der Waals surface area contributed by atoms with Crippen molar-refractivity contribution >= 4 is 28.8 Å². The number of benzene rings is 1. The average Bonchev–Trinajstić information content (AvgIpc) is 3.58. The van der Waals surface area contributed by atoms with Crippen LogP contribution in [0, 0.1) is 5.92 Å². The summed E-state index contributed by atoms with van der Waals surface area (Å²) >= 11 is 0. The molecule has 3 aromatic rings. The van der Waals surface area contributed by atoms with Crippen LogP contribution in [0.2, 0.25) is 0 Å². The van der Waals surface area contributed by atoms with E-state index in [0.717, 1.165) is 66.6 Å². The maximum absolute atomic E-state index is 12.7. The summed E-state index contributed by atoms with van der Waals surface area (Å²) in [5.41, 5.74) is 3.00. The summed E-state index contributed by atoms with van der Waals surface area (Å²) < 4.78 is 13.7. The van der Waals surface area contributed by atoms with E-state index in [1.54, 1.807) is 23.5 Å². The van der Waals surface area contributed by atoms with Crippen LogP contribution in [0.5, 0.6) is 5.88 Å². The van der Waals surface area contributed by atoms with Crippen molar-refractivity contribution in [2.75, 3.05) is 12.0 Å². The number of carbonyl (C=O) groups excluding carboxylic acids is 1. The fourth-order valence-corrected chi connectivity index (χ4v) is 6.11. The maximum atomic E-state index is 12.7. The number of aliphatic carboxylic acids is 1. The Balaban J connectivity index is 1.51. The molecule has 6 rings (SSSR count). The number of imidazole rings is 1. The number of hydrogen-bond acceptors (Lipinski definition) is 7. The number of hydrogen-bond donors (Lipinski definition) is 1. The van der Waals surface area contributed by atoms with Crippen molar-refractivity contribution in [2.45, 2.75) is 76.0 Å². The van der Waals surface area contributed by atoms with Gasteiger partial charge in [-0.15, -0.1) is 0 Å². The summed E-state index contributed by atoms with van der Waals surface area (Å²) in [6, 6.07) is 4.01. The molecular formula is C27H31N5O5. The Hall–Kier alpha value is -3.69. The molecule has 0 spiro atoms. The van der Waals surface area contributed by atoms with E-state index in [9.17, 15) is 14.7 Å². The van der Waals surface area contributed by atoms with Crippen molar-refractivity contribution in [2.24, 2.45) is 5.92 Å². The molecule has 2 saturated carbocycles. The molecule has 10 heteroatoms. The lowest BCUT2D eigenvalue weighted by Crippen LogP contribution is -2.42. The van der Waals surface area contributed by atoms with Crippen LogP contribution in [0.15, 0.2) is 30.7 Å². The van der Waals surface area contributed by atoms with E-state index in [4.69, 9.17) is 14.5 Å². The normalized spacial score (nSPS) is 24.4. The second-order valence-electron chi connectivity index (χ2n) is 10.5. The van der Waals surface area contributed by atoms with Crippen LogP contribution in [0.25, 0.3) is 11.0 Å². The molecule has 1 amide bonds. The molecule has 37 heavy (non-hydrogen) atoms. The van der Waals surface area contributed by atoms with Gasteiger partial charge in [-0.3, -0.25) is 14.7 Å². The second-order valence-corrected chi connectivity index (χ2v) is 10.5. The third-order valence-electron chi connectivity index (χ3n) is 8.14. The first kappa shape index (κ1) is 23.7. The molecular weight excluding hydrogens is 474 g/mol. The number of aromatic nitrogens is 4. The Kier molecular flexibility index (Phi) is 5.77. The number of fused-ring (bicyclic) bond motifs is 3. The number of rotatable bonds is 5. The molecule has 2 aliphatic carbocycles. The van der Waals surface area contributed by atoms with E-state index in [1.165, 1.54) is 7.11 Å². The predicted molar refractivity (Wildman–Crippen MR) is 135 cm³/mol. The zero-order valence-corrected chi connectivity index (χ0v) is 21.1. The molecule has 1 N–H and O–H groups in total. The largest absolute Gasteiger partial charge is 0.481 e. The second kappa shape index (κ2) is 9.00. The lowest BCUT2D eigenvalue weighted by atomic mass is 9.85. The van der Waals surface area contributed by atoms with Crippen molar-refractivity contribution in [3.05, 3.63) is 42.1 Å². The van der Waals surface area contributed by atoms with Crippen LogP contribution in [-0.2, 0) is 21.6 Å². The number of ether oxygens (including phenoxy) is 2. The third-order valence-corrected chi connectivity index (χ3v) is 8.14. The number of carboxylic acids is 1. The molecule has 3 aliphatic rings. The highest BCUT2D eigenvalue weighted by atomic mass is 16.5. The number of carbonyl (C=O) groups is 2. The Morgan fingerprint density at radius 2 is 2.00 bits per heavy atom. The highest BCUT2D eigenvalue weighted by molar-refractivity contribution is 5.95. The molecule has 194 valence electrons. The summed E-state index contributed by atoms with van der Waals surface area (Å²) in [4.78, 5) is 39.9. The van der Waals surface area contributed by atoms with Gasteiger partial charge in [-0.1, -0.05) is 6.42 Å². The summed E-state index contributed by atoms with van der Waals surface area (Å²) in [5.74, 6) is 0.125. The van der Waals surface area contributed by atoms with Crippen LogP contribution in [0.3, 0.4) is 0 Å². The Bertz CT molecular complexity index is 1350. The number of anilines is 1. The van der Waals surface area contributed by atoms with Gasteiger partial charge in [0.05, 0.1) is 35.9 Å². The molecule has 10 nitrogen and oxygen atoms in total. The smallest absolute Gasteiger partial charge is 0.414 e. The molecule has 3 heterocycles. The minimum atomic E-state index is -0.743. The van der Waals surface area contributed by atoms with Crippen LogP contribution in [-0.4, -0.2) is 49.8 Å². The van der Waals surface area contributed by atoms with Crippen LogP contribution in [0.4, 0.5) is 10.5 Å². The molecule has 3 atom stereocenters. The van der Waals surface area contributed by atoms with Gasteiger partial charge < -0.3 is 19.1 Å². The van der Waals surface area contributed by atoms with E-state index in [0.29, 0.717) is 18.7 Å². The summed E-state index contributed by atoms with van der Waals surface area (Å²) in [6.45, 7) is 2.02. The van der Waals surface area contributed by atoms with Gasteiger partial charge in [-0.2, -0.15) is 0 Å². The van der Waals surface area contributed by atoms with Gasteiger partial charge in [0.15, 0.2) is 11.4 Å².